The Bertz CT molecular complexity index is 425. The Balaban J connectivity index is 2.81. The molecule has 1 aromatic carbocycles. The van der Waals surface area contributed by atoms with Gasteiger partial charge in [0.15, 0.2) is 0 Å². The van der Waals surface area contributed by atoms with Crippen LogP contribution in [0.4, 0.5) is 5.69 Å². The molecule has 0 aliphatic carbocycles. The van der Waals surface area contributed by atoms with Crippen LogP contribution in [0.2, 0.25) is 0 Å². The molecule has 0 heterocycles. The third-order valence-electron chi connectivity index (χ3n) is 3.37. The van der Waals surface area contributed by atoms with Gasteiger partial charge in [0.05, 0.1) is 5.56 Å². The molecule has 1 rings (SSSR count). The lowest BCUT2D eigenvalue weighted by Crippen LogP contribution is -2.33. The van der Waals surface area contributed by atoms with E-state index in [0.717, 1.165) is 17.7 Å². The van der Waals surface area contributed by atoms with Gasteiger partial charge in [-0.25, -0.2) is 0 Å². The van der Waals surface area contributed by atoms with E-state index in [0.29, 0.717) is 12.1 Å². The van der Waals surface area contributed by atoms with Gasteiger partial charge in [-0.05, 0) is 30.9 Å². The molecule has 3 heteroatoms. The fourth-order valence-electron chi connectivity index (χ4n) is 1.60. The van der Waals surface area contributed by atoms with Gasteiger partial charge >= 0.3 is 0 Å². The number of aryl methyl sites for hydroxylation is 1. The summed E-state index contributed by atoms with van der Waals surface area (Å²) >= 11 is 0. The monoisotopic (exact) mass is 248 g/mol. The van der Waals surface area contributed by atoms with Crippen molar-refractivity contribution in [1.29, 1.82) is 0 Å². The molecule has 0 spiro atoms. The van der Waals surface area contributed by atoms with Gasteiger partial charge < -0.3 is 10.6 Å². The number of nitrogens with one attached hydrogen (secondary N) is 2. The first-order chi connectivity index (χ1) is 8.39. The Hall–Kier alpha value is -1.51. The molecule has 0 saturated heterocycles. The summed E-state index contributed by atoms with van der Waals surface area (Å²) in [4.78, 5) is 12.2. The second kappa shape index (κ2) is 5.89. The fourth-order valence-corrected chi connectivity index (χ4v) is 1.60. The van der Waals surface area contributed by atoms with Gasteiger partial charge in [0, 0.05) is 19.3 Å². The number of benzene rings is 1. The van der Waals surface area contributed by atoms with Crippen molar-refractivity contribution in [2.75, 3.05) is 18.9 Å². The van der Waals surface area contributed by atoms with Crippen molar-refractivity contribution in [1.82, 2.24) is 5.32 Å². The maximum absolute atomic E-state index is 12.2. The Morgan fingerprint density at radius 3 is 2.56 bits per heavy atom. The van der Waals surface area contributed by atoms with Crippen molar-refractivity contribution >= 4 is 11.6 Å². The van der Waals surface area contributed by atoms with Crippen molar-refractivity contribution in [2.24, 2.45) is 5.41 Å². The third kappa shape index (κ3) is 3.76. The van der Waals surface area contributed by atoms with Crippen LogP contribution in [-0.4, -0.2) is 19.5 Å². The van der Waals surface area contributed by atoms with E-state index in [2.05, 4.69) is 31.4 Å². The smallest absolute Gasteiger partial charge is 0.253 e. The minimum Gasteiger partial charge on any atom is -0.387 e. The van der Waals surface area contributed by atoms with Crippen molar-refractivity contribution in [3.63, 3.8) is 0 Å². The second-order valence-electron chi connectivity index (χ2n) is 5.50. The van der Waals surface area contributed by atoms with Crippen LogP contribution in [0.5, 0.6) is 0 Å². The Kier molecular flexibility index (Phi) is 4.76. The van der Waals surface area contributed by atoms with Crippen molar-refractivity contribution < 1.29 is 4.79 Å². The largest absolute Gasteiger partial charge is 0.387 e. The van der Waals surface area contributed by atoms with E-state index in [1.54, 1.807) is 0 Å². The molecule has 0 atom stereocenters. The standard InChI is InChI=1S/C15H24N2O/c1-6-15(3,4)10-17-14(18)12-9-11(2)7-8-13(12)16-5/h7-9,16H,6,10H2,1-5H3,(H,17,18). The van der Waals surface area contributed by atoms with Crippen LogP contribution in [0.1, 0.15) is 43.1 Å². The number of rotatable bonds is 5. The number of amides is 1. The maximum Gasteiger partial charge on any atom is 0.253 e. The van der Waals surface area contributed by atoms with E-state index in [1.807, 2.05) is 32.2 Å². The highest BCUT2D eigenvalue weighted by molar-refractivity contribution is 5.99. The predicted molar refractivity (Wildman–Crippen MR) is 77.1 cm³/mol. The van der Waals surface area contributed by atoms with Crippen molar-refractivity contribution in [3.8, 4) is 0 Å². The lowest BCUT2D eigenvalue weighted by atomic mass is 9.90. The topological polar surface area (TPSA) is 41.1 Å². The van der Waals surface area contributed by atoms with Gasteiger partial charge in [-0.2, -0.15) is 0 Å². The summed E-state index contributed by atoms with van der Waals surface area (Å²) in [6, 6.07) is 5.86. The number of carbonyl (C=O) groups is 1. The first-order valence-electron chi connectivity index (χ1n) is 6.46. The molecule has 0 unspecified atom stereocenters. The van der Waals surface area contributed by atoms with Crippen LogP contribution in [0.3, 0.4) is 0 Å². The molecule has 1 amide bonds. The first-order valence-corrected chi connectivity index (χ1v) is 6.46. The van der Waals surface area contributed by atoms with Gasteiger partial charge in [0.1, 0.15) is 0 Å². The van der Waals surface area contributed by atoms with Crippen LogP contribution >= 0.6 is 0 Å². The Morgan fingerprint density at radius 2 is 2.00 bits per heavy atom. The summed E-state index contributed by atoms with van der Waals surface area (Å²) in [6.07, 6.45) is 1.04. The number of carbonyl (C=O) groups excluding carboxylic acids is 1. The number of hydrogen-bond acceptors (Lipinski definition) is 2. The Morgan fingerprint density at radius 1 is 1.33 bits per heavy atom. The lowest BCUT2D eigenvalue weighted by molar-refractivity contribution is 0.0936. The first kappa shape index (κ1) is 14.6. The molecule has 0 radical (unpaired) electrons. The van der Waals surface area contributed by atoms with Crippen LogP contribution in [0.25, 0.3) is 0 Å². The van der Waals surface area contributed by atoms with Crippen LogP contribution in [0.15, 0.2) is 18.2 Å². The van der Waals surface area contributed by atoms with Crippen LogP contribution < -0.4 is 10.6 Å². The van der Waals surface area contributed by atoms with E-state index in [9.17, 15) is 4.79 Å². The summed E-state index contributed by atoms with van der Waals surface area (Å²) in [6.45, 7) is 9.13. The molecule has 0 saturated carbocycles. The van der Waals surface area contributed by atoms with E-state index in [-0.39, 0.29) is 11.3 Å². The second-order valence-corrected chi connectivity index (χ2v) is 5.50. The zero-order chi connectivity index (χ0) is 13.8. The molecule has 0 aliphatic rings. The molecular formula is C15H24N2O. The summed E-state index contributed by atoms with van der Waals surface area (Å²) in [5.74, 6) is -0.00965. The maximum atomic E-state index is 12.2. The summed E-state index contributed by atoms with van der Waals surface area (Å²) in [5, 5.41) is 6.07. The lowest BCUT2D eigenvalue weighted by Gasteiger charge is -2.23. The summed E-state index contributed by atoms with van der Waals surface area (Å²) in [5.41, 5.74) is 2.81. The average molecular weight is 248 g/mol. The highest BCUT2D eigenvalue weighted by Crippen LogP contribution is 2.20. The highest BCUT2D eigenvalue weighted by Gasteiger charge is 2.18. The zero-order valence-electron chi connectivity index (χ0n) is 12.1. The van der Waals surface area contributed by atoms with Gasteiger partial charge in [0.2, 0.25) is 0 Å². The van der Waals surface area contributed by atoms with Gasteiger partial charge in [-0.15, -0.1) is 0 Å². The van der Waals surface area contributed by atoms with Crippen LogP contribution in [0, 0.1) is 12.3 Å². The molecule has 0 aromatic heterocycles. The van der Waals surface area contributed by atoms with Gasteiger partial charge in [-0.1, -0.05) is 32.4 Å². The normalized spacial score (nSPS) is 11.2. The predicted octanol–water partition coefficient (Wildman–Crippen LogP) is 3.20. The molecular weight excluding hydrogens is 224 g/mol. The van der Waals surface area contributed by atoms with E-state index < -0.39 is 0 Å². The van der Waals surface area contributed by atoms with Crippen molar-refractivity contribution in [3.05, 3.63) is 29.3 Å². The minimum absolute atomic E-state index is 0.00965. The zero-order valence-corrected chi connectivity index (χ0v) is 12.1. The van der Waals surface area contributed by atoms with E-state index in [4.69, 9.17) is 0 Å². The highest BCUT2D eigenvalue weighted by atomic mass is 16.1. The molecule has 0 bridgehead atoms. The fraction of sp³-hybridized carbons (Fsp3) is 0.533. The summed E-state index contributed by atoms with van der Waals surface area (Å²) in [7, 11) is 1.83. The molecule has 3 nitrogen and oxygen atoms in total. The molecule has 2 N–H and O–H groups in total. The third-order valence-corrected chi connectivity index (χ3v) is 3.37. The molecule has 18 heavy (non-hydrogen) atoms. The van der Waals surface area contributed by atoms with E-state index in [1.165, 1.54) is 0 Å². The van der Waals surface area contributed by atoms with E-state index >= 15 is 0 Å². The summed E-state index contributed by atoms with van der Waals surface area (Å²) < 4.78 is 0. The molecule has 100 valence electrons. The quantitative estimate of drug-likeness (QED) is 0.840. The molecule has 0 aliphatic heterocycles. The Labute approximate surface area is 110 Å². The molecule has 1 aromatic rings. The van der Waals surface area contributed by atoms with Gasteiger partial charge in [-0.3, -0.25) is 4.79 Å². The number of hydrogen-bond donors (Lipinski definition) is 2. The van der Waals surface area contributed by atoms with Gasteiger partial charge in [0.25, 0.3) is 5.91 Å². The SMILES string of the molecule is CCC(C)(C)CNC(=O)c1cc(C)ccc1NC. The molecule has 0 fully saturated rings. The minimum atomic E-state index is -0.00965. The average Bonchev–Trinajstić information content (AvgIpc) is 2.36. The van der Waals surface area contributed by atoms with Crippen LogP contribution in [-0.2, 0) is 0 Å². The van der Waals surface area contributed by atoms with Crippen molar-refractivity contribution in [2.45, 2.75) is 34.1 Å². The number of anilines is 1.